The van der Waals surface area contributed by atoms with Crippen molar-refractivity contribution < 1.29 is 32.4 Å². The van der Waals surface area contributed by atoms with Gasteiger partial charge in [-0.05, 0) is 18.2 Å². The number of nitrogens with zero attached hydrogens (tertiary/aromatic N) is 2. The zero-order valence-corrected chi connectivity index (χ0v) is 13.7. The van der Waals surface area contributed by atoms with Crippen molar-refractivity contribution in [2.75, 3.05) is 13.2 Å². The number of aromatic nitrogens is 1. The van der Waals surface area contributed by atoms with Gasteiger partial charge in [0.15, 0.2) is 13.2 Å². The van der Waals surface area contributed by atoms with E-state index in [1.54, 1.807) is 0 Å². The van der Waals surface area contributed by atoms with Crippen LogP contribution in [0, 0.1) is 10.1 Å². The number of nitro benzene ring substituents is 1. The molecule has 11 heteroatoms. The second kappa shape index (κ2) is 8.83. The third-order valence-corrected chi connectivity index (χ3v) is 3.12. The second-order valence-electron chi connectivity index (χ2n) is 5.19. The number of hydrogen-bond donors (Lipinski definition) is 1. The zero-order valence-electron chi connectivity index (χ0n) is 13.7. The largest absolute Gasteiger partial charge is 0.484 e. The Kier molecular flexibility index (Phi) is 6.52. The van der Waals surface area contributed by atoms with Gasteiger partial charge in [0.1, 0.15) is 5.75 Å². The number of halogens is 3. The molecule has 2 rings (SSSR count). The Morgan fingerprint density at radius 2 is 1.89 bits per heavy atom. The number of benzene rings is 1. The van der Waals surface area contributed by atoms with Gasteiger partial charge in [-0.15, -0.1) is 0 Å². The van der Waals surface area contributed by atoms with Crippen molar-refractivity contribution >= 4 is 11.6 Å². The molecule has 1 N–H and O–H groups in total. The van der Waals surface area contributed by atoms with Crippen LogP contribution in [-0.2, 0) is 11.3 Å². The summed E-state index contributed by atoms with van der Waals surface area (Å²) in [4.78, 5) is 25.5. The molecule has 0 atom stereocenters. The molecule has 1 aromatic heterocycles. The van der Waals surface area contributed by atoms with Gasteiger partial charge in [0, 0.05) is 30.4 Å². The molecule has 8 nitrogen and oxygen atoms in total. The molecule has 1 amide bonds. The van der Waals surface area contributed by atoms with Gasteiger partial charge in [0.05, 0.1) is 4.92 Å². The molecule has 1 aromatic carbocycles. The van der Waals surface area contributed by atoms with Gasteiger partial charge in [-0.1, -0.05) is 6.07 Å². The van der Waals surface area contributed by atoms with Gasteiger partial charge < -0.3 is 14.8 Å². The maximum Gasteiger partial charge on any atom is 0.422 e. The summed E-state index contributed by atoms with van der Waals surface area (Å²) < 4.78 is 46.5. The van der Waals surface area contributed by atoms with Crippen LogP contribution in [0.3, 0.4) is 0 Å². The monoisotopic (exact) mass is 385 g/mol. The molecule has 0 fully saturated rings. The fraction of sp³-hybridized carbons (Fsp3) is 0.250. The first-order chi connectivity index (χ1) is 12.7. The van der Waals surface area contributed by atoms with Crippen molar-refractivity contribution in [3.05, 3.63) is 58.3 Å². The summed E-state index contributed by atoms with van der Waals surface area (Å²) in [5.41, 5.74) is 0.153. The van der Waals surface area contributed by atoms with Gasteiger partial charge in [-0.3, -0.25) is 14.9 Å². The van der Waals surface area contributed by atoms with E-state index in [2.05, 4.69) is 15.0 Å². The number of non-ortho nitro benzene ring substituents is 1. The summed E-state index contributed by atoms with van der Waals surface area (Å²) in [5, 5.41) is 13.0. The van der Waals surface area contributed by atoms with Crippen molar-refractivity contribution in [3.8, 4) is 11.6 Å². The molecule has 27 heavy (non-hydrogen) atoms. The van der Waals surface area contributed by atoms with Crippen molar-refractivity contribution in [2.24, 2.45) is 0 Å². The van der Waals surface area contributed by atoms with Crippen molar-refractivity contribution in [1.29, 1.82) is 0 Å². The Morgan fingerprint density at radius 1 is 1.19 bits per heavy atom. The first-order valence-corrected chi connectivity index (χ1v) is 7.52. The fourth-order valence-electron chi connectivity index (χ4n) is 1.90. The van der Waals surface area contributed by atoms with Crippen molar-refractivity contribution in [2.45, 2.75) is 12.7 Å². The van der Waals surface area contributed by atoms with Crippen molar-refractivity contribution in [3.63, 3.8) is 0 Å². The average molecular weight is 385 g/mol. The van der Waals surface area contributed by atoms with E-state index in [0.29, 0.717) is 0 Å². The number of hydrogen-bond acceptors (Lipinski definition) is 6. The van der Waals surface area contributed by atoms with Crippen LogP contribution in [0.5, 0.6) is 11.6 Å². The Morgan fingerprint density at radius 3 is 2.52 bits per heavy atom. The molecule has 0 unspecified atom stereocenters. The number of pyridine rings is 1. The van der Waals surface area contributed by atoms with Crippen LogP contribution < -0.4 is 14.8 Å². The molecular formula is C16H14F3N3O5. The molecule has 0 aliphatic heterocycles. The van der Waals surface area contributed by atoms with Gasteiger partial charge in [0.2, 0.25) is 5.88 Å². The van der Waals surface area contributed by atoms with E-state index in [4.69, 9.17) is 4.74 Å². The number of rotatable bonds is 8. The molecule has 0 bridgehead atoms. The van der Waals surface area contributed by atoms with Gasteiger partial charge in [-0.25, -0.2) is 4.98 Å². The molecule has 0 aliphatic rings. The van der Waals surface area contributed by atoms with E-state index in [1.165, 1.54) is 42.6 Å². The molecular weight excluding hydrogens is 371 g/mol. The lowest BCUT2D eigenvalue weighted by atomic mass is 10.2. The summed E-state index contributed by atoms with van der Waals surface area (Å²) in [5.74, 6) is -0.517. The van der Waals surface area contributed by atoms with Gasteiger partial charge in [0.25, 0.3) is 11.6 Å². The standard InChI is InChI=1S/C16H14F3N3O5/c17-16(18,19)10-27-15-11(2-1-7-20-15)8-21-14(23)9-26-13-5-3-12(4-6-13)22(24)25/h1-7H,8-10H2,(H,21,23). The summed E-state index contributed by atoms with van der Waals surface area (Å²) in [6.45, 7) is -1.98. The number of carbonyl (C=O) groups is 1. The first-order valence-electron chi connectivity index (χ1n) is 7.52. The van der Waals surface area contributed by atoms with E-state index < -0.39 is 23.6 Å². The Hall–Kier alpha value is -3.37. The predicted molar refractivity (Wildman–Crippen MR) is 86.2 cm³/mol. The summed E-state index contributed by atoms with van der Waals surface area (Å²) in [7, 11) is 0. The van der Waals surface area contributed by atoms with Crippen LogP contribution in [0.25, 0.3) is 0 Å². The maximum atomic E-state index is 12.2. The highest BCUT2D eigenvalue weighted by Gasteiger charge is 2.29. The highest BCUT2D eigenvalue weighted by Crippen LogP contribution is 2.20. The summed E-state index contributed by atoms with van der Waals surface area (Å²) >= 11 is 0. The minimum atomic E-state index is -4.50. The molecule has 0 spiro atoms. The number of ether oxygens (including phenoxy) is 2. The van der Waals surface area contributed by atoms with E-state index in [0.717, 1.165) is 0 Å². The fourth-order valence-corrected chi connectivity index (χ4v) is 1.90. The third-order valence-electron chi connectivity index (χ3n) is 3.12. The maximum absolute atomic E-state index is 12.2. The topological polar surface area (TPSA) is 104 Å². The number of amides is 1. The van der Waals surface area contributed by atoms with Crippen LogP contribution >= 0.6 is 0 Å². The molecule has 0 radical (unpaired) electrons. The average Bonchev–Trinajstić information content (AvgIpc) is 2.63. The molecule has 0 aliphatic carbocycles. The Balaban J connectivity index is 1.84. The molecule has 0 saturated heterocycles. The van der Waals surface area contributed by atoms with Crippen molar-refractivity contribution in [1.82, 2.24) is 10.3 Å². The Labute approximate surface area is 151 Å². The second-order valence-corrected chi connectivity index (χ2v) is 5.19. The lowest BCUT2D eigenvalue weighted by Crippen LogP contribution is -2.29. The summed E-state index contributed by atoms with van der Waals surface area (Å²) in [6, 6.07) is 8.11. The minimum absolute atomic E-state index is 0.108. The predicted octanol–water partition coefficient (Wildman–Crippen LogP) is 2.63. The Bertz CT molecular complexity index is 797. The smallest absolute Gasteiger partial charge is 0.422 e. The minimum Gasteiger partial charge on any atom is -0.484 e. The van der Waals surface area contributed by atoms with E-state index >= 15 is 0 Å². The van der Waals surface area contributed by atoms with E-state index in [-0.39, 0.29) is 36.0 Å². The van der Waals surface area contributed by atoms with Crippen LogP contribution in [-0.4, -0.2) is 35.2 Å². The molecule has 0 saturated carbocycles. The number of alkyl halides is 3. The number of nitrogens with one attached hydrogen (secondary N) is 1. The van der Waals surface area contributed by atoms with Gasteiger partial charge >= 0.3 is 6.18 Å². The molecule has 2 aromatic rings. The third kappa shape index (κ3) is 6.80. The molecule has 144 valence electrons. The SMILES string of the molecule is O=C(COc1ccc([N+](=O)[O-])cc1)NCc1cccnc1OCC(F)(F)F. The molecule has 1 heterocycles. The number of nitro groups is 1. The lowest BCUT2D eigenvalue weighted by Gasteiger charge is -2.12. The van der Waals surface area contributed by atoms with Crippen LogP contribution in [0.1, 0.15) is 5.56 Å². The highest BCUT2D eigenvalue weighted by atomic mass is 19.4. The van der Waals surface area contributed by atoms with Crippen LogP contribution in [0.15, 0.2) is 42.6 Å². The van der Waals surface area contributed by atoms with E-state index in [1.807, 2.05) is 0 Å². The van der Waals surface area contributed by atoms with Gasteiger partial charge in [-0.2, -0.15) is 13.2 Å². The first kappa shape index (κ1) is 19.9. The zero-order chi connectivity index (χ0) is 19.9. The van der Waals surface area contributed by atoms with Crippen LogP contribution in [0.4, 0.5) is 18.9 Å². The summed E-state index contributed by atoms with van der Waals surface area (Å²) in [6.07, 6.45) is -3.23. The lowest BCUT2D eigenvalue weighted by molar-refractivity contribution is -0.384. The van der Waals surface area contributed by atoms with E-state index in [9.17, 15) is 28.1 Å². The number of carbonyl (C=O) groups excluding carboxylic acids is 1. The quantitative estimate of drug-likeness (QED) is 0.553. The van der Waals surface area contributed by atoms with Crippen LogP contribution in [0.2, 0.25) is 0 Å². The normalized spacial score (nSPS) is 10.9. The highest BCUT2D eigenvalue weighted by molar-refractivity contribution is 5.77.